The first kappa shape index (κ1) is 25.2. The molecule has 1 N–H and O–H groups in total. The maximum absolute atomic E-state index is 13.5. The number of methoxy groups -OCH3 is 1. The summed E-state index contributed by atoms with van der Waals surface area (Å²) >= 11 is 0. The lowest BCUT2D eigenvalue weighted by Gasteiger charge is -2.37. The van der Waals surface area contributed by atoms with E-state index in [4.69, 9.17) is 9.47 Å². The van der Waals surface area contributed by atoms with E-state index in [1.807, 2.05) is 37.3 Å². The summed E-state index contributed by atoms with van der Waals surface area (Å²) < 4.78 is 39.7. The SMILES string of the molecule is COCC(=O)N(C)C[C@H]1Oc2cc(-c3ccccc3)ccc2S(=O)(=O)N([C@@H](C)CO)C[C@H]1C. The van der Waals surface area contributed by atoms with E-state index in [1.54, 1.807) is 32.2 Å². The number of carbonyl (C=O) groups excluding carboxylic acids is 1. The lowest BCUT2D eigenvalue weighted by atomic mass is 10.0. The molecule has 9 heteroatoms. The van der Waals surface area contributed by atoms with Crippen molar-refractivity contribution in [3.8, 4) is 16.9 Å². The predicted octanol–water partition coefficient (Wildman–Crippen LogP) is 2.23. The van der Waals surface area contributed by atoms with Crippen molar-refractivity contribution < 1.29 is 27.8 Å². The molecule has 0 saturated heterocycles. The first-order valence-electron chi connectivity index (χ1n) is 10.9. The lowest BCUT2D eigenvalue weighted by molar-refractivity contribution is -0.135. The maximum atomic E-state index is 13.5. The van der Waals surface area contributed by atoms with Crippen molar-refractivity contribution in [2.75, 3.05) is 40.5 Å². The Labute approximate surface area is 195 Å². The maximum Gasteiger partial charge on any atom is 0.248 e. The smallest absolute Gasteiger partial charge is 0.248 e. The highest BCUT2D eigenvalue weighted by Gasteiger charge is 2.38. The van der Waals surface area contributed by atoms with Gasteiger partial charge in [0.05, 0.1) is 13.2 Å². The molecule has 0 saturated carbocycles. The second kappa shape index (κ2) is 10.6. The molecule has 1 heterocycles. The van der Waals surface area contributed by atoms with E-state index >= 15 is 0 Å². The Hall–Kier alpha value is -2.46. The summed E-state index contributed by atoms with van der Waals surface area (Å²) in [7, 11) is -0.787. The van der Waals surface area contributed by atoms with Gasteiger partial charge >= 0.3 is 0 Å². The van der Waals surface area contributed by atoms with Gasteiger partial charge in [0, 0.05) is 32.7 Å². The molecule has 0 fully saturated rings. The van der Waals surface area contributed by atoms with Crippen molar-refractivity contribution in [2.45, 2.75) is 30.9 Å². The summed E-state index contributed by atoms with van der Waals surface area (Å²) in [6, 6.07) is 14.1. The molecule has 0 aromatic heterocycles. The monoisotopic (exact) mass is 476 g/mol. The van der Waals surface area contributed by atoms with Gasteiger partial charge in [-0.3, -0.25) is 4.79 Å². The van der Waals surface area contributed by atoms with Crippen LogP contribution >= 0.6 is 0 Å². The van der Waals surface area contributed by atoms with Gasteiger partial charge in [0.15, 0.2) is 0 Å². The molecule has 2 aromatic rings. The normalized spacial score (nSPS) is 21.2. The third kappa shape index (κ3) is 5.55. The van der Waals surface area contributed by atoms with Crippen LogP contribution in [0.3, 0.4) is 0 Å². The molecule has 0 radical (unpaired) electrons. The zero-order chi connectivity index (χ0) is 24.2. The molecule has 3 atom stereocenters. The van der Waals surface area contributed by atoms with Crippen LogP contribution < -0.4 is 4.74 Å². The van der Waals surface area contributed by atoms with Gasteiger partial charge in [0.25, 0.3) is 0 Å². The minimum absolute atomic E-state index is 0.0465. The Balaban J connectivity index is 2.08. The summed E-state index contributed by atoms with van der Waals surface area (Å²) in [6.45, 7) is 3.63. The van der Waals surface area contributed by atoms with Gasteiger partial charge in [-0.05, 0) is 30.2 Å². The summed E-state index contributed by atoms with van der Waals surface area (Å²) in [5, 5.41) is 9.75. The molecule has 0 bridgehead atoms. The number of amides is 1. The van der Waals surface area contributed by atoms with Gasteiger partial charge in [0.1, 0.15) is 23.4 Å². The molecule has 33 heavy (non-hydrogen) atoms. The van der Waals surface area contributed by atoms with E-state index in [-0.39, 0.29) is 48.8 Å². The van der Waals surface area contributed by atoms with Crippen molar-refractivity contribution in [3.05, 3.63) is 48.5 Å². The molecule has 1 aliphatic heterocycles. The molecule has 3 rings (SSSR count). The van der Waals surface area contributed by atoms with Gasteiger partial charge in [0.2, 0.25) is 15.9 Å². The zero-order valence-electron chi connectivity index (χ0n) is 19.5. The Kier molecular flexibility index (Phi) is 8.12. The topological polar surface area (TPSA) is 96.4 Å². The van der Waals surface area contributed by atoms with Crippen molar-refractivity contribution in [2.24, 2.45) is 5.92 Å². The number of aliphatic hydroxyl groups is 1. The molecule has 2 aromatic carbocycles. The number of rotatable bonds is 7. The fourth-order valence-corrected chi connectivity index (χ4v) is 5.68. The van der Waals surface area contributed by atoms with Crippen LogP contribution in [0.15, 0.2) is 53.4 Å². The van der Waals surface area contributed by atoms with Gasteiger partial charge in [-0.1, -0.05) is 43.3 Å². The number of aliphatic hydroxyl groups excluding tert-OH is 1. The Morgan fingerprint density at radius 1 is 1.24 bits per heavy atom. The second-order valence-corrected chi connectivity index (χ2v) is 10.3. The van der Waals surface area contributed by atoms with E-state index in [1.165, 1.54) is 16.3 Å². The highest BCUT2D eigenvalue weighted by atomic mass is 32.2. The number of carbonyl (C=O) groups is 1. The minimum Gasteiger partial charge on any atom is -0.487 e. The van der Waals surface area contributed by atoms with Crippen molar-refractivity contribution in [1.82, 2.24) is 9.21 Å². The Morgan fingerprint density at radius 2 is 1.94 bits per heavy atom. The van der Waals surface area contributed by atoms with Crippen molar-refractivity contribution >= 4 is 15.9 Å². The number of sulfonamides is 1. The fourth-order valence-electron chi connectivity index (χ4n) is 3.86. The van der Waals surface area contributed by atoms with Gasteiger partial charge in [-0.2, -0.15) is 4.31 Å². The average Bonchev–Trinajstić information content (AvgIpc) is 2.81. The second-order valence-electron chi connectivity index (χ2n) is 8.47. The van der Waals surface area contributed by atoms with Gasteiger partial charge in [-0.25, -0.2) is 8.42 Å². The number of hydrogen-bond donors (Lipinski definition) is 1. The molecule has 0 aliphatic carbocycles. The minimum atomic E-state index is -3.91. The summed E-state index contributed by atoms with van der Waals surface area (Å²) in [6.07, 6.45) is -0.468. The number of ether oxygens (including phenoxy) is 2. The number of benzene rings is 2. The summed E-state index contributed by atoms with van der Waals surface area (Å²) in [5.74, 6) is -0.211. The first-order valence-corrected chi connectivity index (χ1v) is 12.3. The van der Waals surface area contributed by atoms with Crippen LogP contribution in [0.25, 0.3) is 11.1 Å². The van der Waals surface area contributed by atoms with E-state index in [9.17, 15) is 18.3 Å². The van der Waals surface area contributed by atoms with Crippen LogP contribution in [0.1, 0.15) is 13.8 Å². The highest BCUT2D eigenvalue weighted by molar-refractivity contribution is 7.89. The number of fused-ring (bicyclic) bond motifs is 1. The number of likely N-dealkylation sites (N-methyl/N-ethyl adjacent to an activating group) is 1. The molecule has 180 valence electrons. The van der Waals surface area contributed by atoms with Crippen molar-refractivity contribution in [1.29, 1.82) is 0 Å². The number of nitrogens with zero attached hydrogens (tertiary/aromatic N) is 2. The standard InChI is InChI=1S/C24H32N2O6S/c1-17-13-26(18(2)15-27)33(29,30)23-11-10-20(19-8-6-5-7-9-19)12-21(23)32-22(17)14-25(3)24(28)16-31-4/h5-12,17-18,22,27H,13-16H2,1-4H3/t17-,18+,22-/m1/s1. The molecule has 1 amide bonds. The molecule has 0 spiro atoms. The van der Waals surface area contributed by atoms with Crippen molar-refractivity contribution in [3.63, 3.8) is 0 Å². The third-order valence-corrected chi connectivity index (χ3v) is 7.94. The van der Waals surface area contributed by atoms with Crippen LogP contribution in [-0.4, -0.2) is 81.2 Å². The van der Waals surface area contributed by atoms with Crippen LogP contribution in [-0.2, 0) is 19.6 Å². The van der Waals surface area contributed by atoms with Crippen LogP contribution in [0.4, 0.5) is 0 Å². The Morgan fingerprint density at radius 3 is 2.58 bits per heavy atom. The van der Waals surface area contributed by atoms with E-state index in [0.29, 0.717) is 0 Å². The van der Waals surface area contributed by atoms with Gasteiger partial charge in [-0.15, -0.1) is 0 Å². The van der Waals surface area contributed by atoms with Gasteiger partial charge < -0.3 is 19.5 Å². The third-order valence-electron chi connectivity index (χ3n) is 5.92. The van der Waals surface area contributed by atoms with Crippen LogP contribution in [0.2, 0.25) is 0 Å². The lowest BCUT2D eigenvalue weighted by Crippen LogP contribution is -2.50. The molecule has 1 aliphatic rings. The van der Waals surface area contributed by atoms with E-state index in [2.05, 4.69) is 0 Å². The summed E-state index contributed by atoms with van der Waals surface area (Å²) in [5.41, 5.74) is 1.75. The first-order chi connectivity index (χ1) is 15.7. The molecule has 0 unspecified atom stereocenters. The average molecular weight is 477 g/mol. The number of hydrogen-bond acceptors (Lipinski definition) is 6. The zero-order valence-corrected chi connectivity index (χ0v) is 20.3. The van der Waals surface area contributed by atoms with E-state index < -0.39 is 22.2 Å². The molecular weight excluding hydrogens is 444 g/mol. The van der Waals surface area contributed by atoms with E-state index in [0.717, 1.165) is 11.1 Å². The summed E-state index contributed by atoms with van der Waals surface area (Å²) in [4.78, 5) is 13.9. The predicted molar refractivity (Wildman–Crippen MR) is 125 cm³/mol. The molecular formula is C24H32N2O6S. The fraction of sp³-hybridized carbons (Fsp3) is 0.458. The van der Waals surface area contributed by atoms with Crippen LogP contribution in [0.5, 0.6) is 5.75 Å². The Bertz CT molecular complexity index is 1060. The largest absolute Gasteiger partial charge is 0.487 e. The highest BCUT2D eigenvalue weighted by Crippen LogP contribution is 2.36. The quantitative estimate of drug-likeness (QED) is 0.658. The molecule has 8 nitrogen and oxygen atoms in total. The van der Waals surface area contributed by atoms with Crippen LogP contribution in [0, 0.1) is 5.92 Å².